The summed E-state index contributed by atoms with van der Waals surface area (Å²) in [5.74, 6) is 0.782. The van der Waals surface area contributed by atoms with Crippen molar-refractivity contribution in [3.05, 3.63) is 36.1 Å². The lowest BCUT2D eigenvalue weighted by molar-refractivity contribution is 0.00174. The van der Waals surface area contributed by atoms with Crippen LogP contribution in [-0.2, 0) is 4.74 Å². The Hall–Kier alpha value is -1.99. The van der Waals surface area contributed by atoms with Crippen molar-refractivity contribution in [1.29, 1.82) is 0 Å². The average Bonchev–Trinajstić information content (AvgIpc) is 2.59. The molecule has 0 spiro atoms. The molecule has 124 valence electrons. The first kappa shape index (κ1) is 15.9. The summed E-state index contributed by atoms with van der Waals surface area (Å²) >= 11 is 0. The molecule has 2 N–H and O–H groups in total. The second-order valence-electron chi connectivity index (χ2n) is 5.46. The molecule has 23 heavy (non-hydrogen) atoms. The fourth-order valence-corrected chi connectivity index (χ4v) is 2.66. The predicted octanol–water partition coefficient (Wildman–Crippen LogP) is 2.03. The van der Waals surface area contributed by atoms with Crippen molar-refractivity contribution in [3.63, 3.8) is 0 Å². The Bertz CT molecular complexity index is 582. The third kappa shape index (κ3) is 4.05. The highest BCUT2D eigenvalue weighted by molar-refractivity contribution is 5.43. The normalized spacial score (nSPS) is 24.6. The molecule has 1 unspecified atom stereocenters. The molecule has 2 heterocycles. The highest BCUT2D eigenvalue weighted by Crippen LogP contribution is 2.29. The van der Waals surface area contributed by atoms with Crippen LogP contribution in [0.25, 0.3) is 0 Å². The molecule has 0 radical (unpaired) electrons. The SMILES string of the molecule is CCOc1cnc(NC2=C(F)CC([C@H]3CNCCO3)C=C2)nc1. The molecule has 1 aromatic heterocycles. The Morgan fingerprint density at radius 3 is 2.91 bits per heavy atom. The molecule has 1 saturated heterocycles. The number of halogens is 1. The van der Waals surface area contributed by atoms with Gasteiger partial charge in [0.05, 0.1) is 37.4 Å². The smallest absolute Gasteiger partial charge is 0.227 e. The van der Waals surface area contributed by atoms with Crippen LogP contribution in [0.15, 0.2) is 36.1 Å². The number of hydrogen-bond acceptors (Lipinski definition) is 6. The number of ether oxygens (including phenoxy) is 2. The van der Waals surface area contributed by atoms with Gasteiger partial charge in [-0.3, -0.25) is 0 Å². The van der Waals surface area contributed by atoms with E-state index in [0.29, 0.717) is 37.0 Å². The molecule has 2 aliphatic rings. The Labute approximate surface area is 134 Å². The fraction of sp³-hybridized carbons (Fsp3) is 0.500. The summed E-state index contributed by atoms with van der Waals surface area (Å²) < 4.78 is 25.3. The van der Waals surface area contributed by atoms with E-state index in [-0.39, 0.29) is 17.8 Å². The van der Waals surface area contributed by atoms with Crippen LogP contribution in [0.1, 0.15) is 13.3 Å². The molecule has 6 nitrogen and oxygen atoms in total. The van der Waals surface area contributed by atoms with E-state index in [1.54, 1.807) is 18.5 Å². The van der Waals surface area contributed by atoms with Gasteiger partial charge in [-0.25, -0.2) is 14.4 Å². The number of morpholine rings is 1. The number of aromatic nitrogens is 2. The van der Waals surface area contributed by atoms with Crippen LogP contribution in [-0.4, -0.2) is 42.4 Å². The van der Waals surface area contributed by atoms with Crippen molar-refractivity contribution in [2.75, 3.05) is 31.6 Å². The average molecular weight is 320 g/mol. The number of rotatable bonds is 5. The highest BCUT2D eigenvalue weighted by atomic mass is 19.1. The van der Waals surface area contributed by atoms with Gasteiger partial charge in [-0.1, -0.05) is 6.08 Å². The van der Waals surface area contributed by atoms with Crippen LogP contribution >= 0.6 is 0 Å². The Kier molecular flexibility index (Phi) is 5.19. The van der Waals surface area contributed by atoms with E-state index in [9.17, 15) is 4.39 Å². The summed E-state index contributed by atoms with van der Waals surface area (Å²) in [6.45, 7) is 4.73. The maximum atomic E-state index is 14.3. The van der Waals surface area contributed by atoms with Gasteiger partial charge in [-0.05, 0) is 13.0 Å². The summed E-state index contributed by atoms with van der Waals surface area (Å²) in [5.41, 5.74) is 0.397. The minimum atomic E-state index is -0.204. The van der Waals surface area contributed by atoms with Gasteiger partial charge in [-0.2, -0.15) is 0 Å². The van der Waals surface area contributed by atoms with Crippen LogP contribution in [0, 0.1) is 5.92 Å². The summed E-state index contributed by atoms with van der Waals surface area (Å²) in [6.07, 6.45) is 7.19. The Morgan fingerprint density at radius 2 is 2.26 bits per heavy atom. The van der Waals surface area contributed by atoms with Crippen LogP contribution in [0.5, 0.6) is 5.75 Å². The lowest BCUT2D eigenvalue weighted by Gasteiger charge is -2.30. The Morgan fingerprint density at radius 1 is 1.43 bits per heavy atom. The molecule has 0 saturated carbocycles. The molecule has 0 aromatic carbocycles. The third-order valence-corrected chi connectivity index (χ3v) is 3.84. The molecule has 1 aliphatic heterocycles. The number of nitrogens with zero attached hydrogens (tertiary/aromatic N) is 2. The van der Waals surface area contributed by atoms with E-state index < -0.39 is 0 Å². The van der Waals surface area contributed by atoms with Gasteiger partial charge < -0.3 is 20.1 Å². The monoisotopic (exact) mass is 320 g/mol. The molecule has 3 rings (SSSR count). The van der Waals surface area contributed by atoms with Gasteiger partial charge in [0.15, 0.2) is 5.75 Å². The second-order valence-corrected chi connectivity index (χ2v) is 5.46. The van der Waals surface area contributed by atoms with Crippen LogP contribution in [0.3, 0.4) is 0 Å². The lowest BCUT2D eigenvalue weighted by atomic mass is 9.92. The van der Waals surface area contributed by atoms with Crippen molar-refractivity contribution in [2.24, 2.45) is 5.92 Å². The number of allylic oxidation sites excluding steroid dienone is 2. The molecule has 0 bridgehead atoms. The first-order valence-corrected chi connectivity index (χ1v) is 7.87. The van der Waals surface area contributed by atoms with Gasteiger partial charge in [0.2, 0.25) is 5.95 Å². The number of anilines is 1. The molecular weight excluding hydrogens is 299 g/mol. The standard InChI is InChI=1S/C16H21FN4O2/c1-2-22-12-8-19-16(20-9-12)21-14-4-3-11(7-13(14)17)15-10-18-5-6-23-15/h3-4,8-9,11,15,18H,2,5-7,10H2,1H3,(H,19,20,21)/t11?,15-/m1/s1. The second kappa shape index (κ2) is 7.52. The van der Waals surface area contributed by atoms with Gasteiger partial charge in [0.1, 0.15) is 5.83 Å². The predicted molar refractivity (Wildman–Crippen MR) is 84.8 cm³/mol. The summed E-state index contributed by atoms with van der Waals surface area (Å²) in [7, 11) is 0. The summed E-state index contributed by atoms with van der Waals surface area (Å²) in [4.78, 5) is 8.24. The topological polar surface area (TPSA) is 68.3 Å². The van der Waals surface area contributed by atoms with Crippen molar-refractivity contribution in [2.45, 2.75) is 19.4 Å². The maximum Gasteiger partial charge on any atom is 0.227 e. The molecule has 7 heteroatoms. The van der Waals surface area contributed by atoms with Crippen LogP contribution in [0.2, 0.25) is 0 Å². The van der Waals surface area contributed by atoms with E-state index in [1.165, 1.54) is 0 Å². The number of nitrogens with one attached hydrogen (secondary N) is 2. The molecule has 2 atom stereocenters. The zero-order valence-corrected chi connectivity index (χ0v) is 13.1. The van der Waals surface area contributed by atoms with Gasteiger partial charge in [0, 0.05) is 25.4 Å². The van der Waals surface area contributed by atoms with Crippen LogP contribution in [0.4, 0.5) is 10.3 Å². The van der Waals surface area contributed by atoms with Crippen molar-refractivity contribution < 1.29 is 13.9 Å². The minimum Gasteiger partial charge on any atom is -0.491 e. The fourth-order valence-electron chi connectivity index (χ4n) is 2.66. The molecule has 1 fully saturated rings. The van der Waals surface area contributed by atoms with Gasteiger partial charge >= 0.3 is 0 Å². The number of hydrogen-bond donors (Lipinski definition) is 2. The molecule has 0 amide bonds. The Balaban J connectivity index is 1.61. The van der Waals surface area contributed by atoms with Crippen molar-refractivity contribution in [3.8, 4) is 5.75 Å². The molecule has 1 aliphatic carbocycles. The summed E-state index contributed by atoms with van der Waals surface area (Å²) in [5, 5.41) is 6.18. The lowest BCUT2D eigenvalue weighted by Crippen LogP contribution is -2.42. The van der Waals surface area contributed by atoms with E-state index in [2.05, 4.69) is 20.6 Å². The van der Waals surface area contributed by atoms with E-state index in [0.717, 1.165) is 13.1 Å². The maximum absolute atomic E-state index is 14.3. The highest BCUT2D eigenvalue weighted by Gasteiger charge is 2.27. The van der Waals surface area contributed by atoms with E-state index in [4.69, 9.17) is 9.47 Å². The van der Waals surface area contributed by atoms with E-state index >= 15 is 0 Å². The molecular formula is C16H21FN4O2. The zero-order chi connectivity index (χ0) is 16.1. The van der Waals surface area contributed by atoms with Crippen molar-refractivity contribution in [1.82, 2.24) is 15.3 Å². The first-order chi connectivity index (χ1) is 11.3. The first-order valence-electron chi connectivity index (χ1n) is 7.87. The van der Waals surface area contributed by atoms with Crippen LogP contribution < -0.4 is 15.4 Å². The zero-order valence-electron chi connectivity index (χ0n) is 13.1. The quantitative estimate of drug-likeness (QED) is 0.865. The van der Waals surface area contributed by atoms with E-state index in [1.807, 2.05) is 13.0 Å². The molecule has 1 aromatic rings. The largest absolute Gasteiger partial charge is 0.491 e. The summed E-state index contributed by atoms with van der Waals surface area (Å²) in [6, 6.07) is 0. The van der Waals surface area contributed by atoms with Gasteiger partial charge in [0.25, 0.3) is 0 Å². The van der Waals surface area contributed by atoms with Crippen molar-refractivity contribution >= 4 is 5.95 Å². The van der Waals surface area contributed by atoms with Gasteiger partial charge in [-0.15, -0.1) is 0 Å². The minimum absolute atomic E-state index is 0.0222. The third-order valence-electron chi connectivity index (χ3n) is 3.84.